The summed E-state index contributed by atoms with van der Waals surface area (Å²) in [5.74, 6) is 0.875. The van der Waals surface area contributed by atoms with Crippen molar-refractivity contribution >= 4 is 11.9 Å². The van der Waals surface area contributed by atoms with E-state index in [0.29, 0.717) is 6.61 Å². The second-order valence-electron chi connectivity index (χ2n) is 6.95. The van der Waals surface area contributed by atoms with Gasteiger partial charge in [-0.2, -0.15) is 0 Å². The SMILES string of the molecule is O=C(COC1CCOC2(C1)CN(c1ncccn1)C2)N1CCCC1. The molecule has 0 bridgehead atoms. The van der Waals surface area contributed by atoms with E-state index in [1.807, 2.05) is 11.0 Å². The number of rotatable bonds is 4. The van der Waals surface area contributed by atoms with Crippen molar-refractivity contribution in [3.05, 3.63) is 18.5 Å². The maximum Gasteiger partial charge on any atom is 0.248 e. The Morgan fingerprint density at radius 2 is 2.04 bits per heavy atom. The first-order valence-corrected chi connectivity index (χ1v) is 8.79. The lowest BCUT2D eigenvalue weighted by molar-refractivity contribution is -0.157. The van der Waals surface area contributed by atoms with Crippen LogP contribution in [0.2, 0.25) is 0 Å². The van der Waals surface area contributed by atoms with Crippen LogP contribution in [0.5, 0.6) is 0 Å². The van der Waals surface area contributed by atoms with Gasteiger partial charge in [0.1, 0.15) is 12.2 Å². The van der Waals surface area contributed by atoms with Crippen LogP contribution in [0.15, 0.2) is 18.5 Å². The van der Waals surface area contributed by atoms with Gasteiger partial charge in [0.2, 0.25) is 11.9 Å². The van der Waals surface area contributed by atoms with Crippen molar-refractivity contribution in [3.63, 3.8) is 0 Å². The normalized spacial score (nSPS) is 25.8. The van der Waals surface area contributed by atoms with Gasteiger partial charge in [-0.1, -0.05) is 0 Å². The fourth-order valence-corrected chi connectivity index (χ4v) is 3.84. The molecule has 0 N–H and O–H groups in total. The predicted octanol–water partition coefficient (Wildman–Crippen LogP) is 0.853. The molecule has 1 aromatic rings. The van der Waals surface area contributed by atoms with Crippen molar-refractivity contribution in [2.75, 3.05) is 44.3 Å². The van der Waals surface area contributed by atoms with E-state index in [-0.39, 0.29) is 24.2 Å². The van der Waals surface area contributed by atoms with E-state index in [2.05, 4.69) is 14.9 Å². The molecule has 0 radical (unpaired) electrons. The molecule has 0 saturated carbocycles. The fourth-order valence-electron chi connectivity index (χ4n) is 3.84. The highest BCUT2D eigenvalue weighted by atomic mass is 16.5. The monoisotopic (exact) mass is 332 g/mol. The zero-order valence-electron chi connectivity index (χ0n) is 13.9. The topological polar surface area (TPSA) is 67.8 Å². The zero-order chi connectivity index (χ0) is 16.4. The molecule has 1 aromatic heterocycles. The number of hydrogen-bond donors (Lipinski definition) is 0. The highest BCUT2D eigenvalue weighted by Gasteiger charge is 2.48. The molecule has 1 amide bonds. The molecule has 4 heterocycles. The van der Waals surface area contributed by atoms with Crippen LogP contribution >= 0.6 is 0 Å². The molecule has 3 aliphatic heterocycles. The minimum absolute atomic E-state index is 0.101. The largest absolute Gasteiger partial charge is 0.371 e. The number of carbonyl (C=O) groups excluding carboxylic acids is 1. The summed E-state index contributed by atoms with van der Waals surface area (Å²) in [4.78, 5) is 24.7. The summed E-state index contributed by atoms with van der Waals surface area (Å²) in [6.07, 6.45) is 7.53. The summed E-state index contributed by atoms with van der Waals surface area (Å²) in [7, 11) is 0. The summed E-state index contributed by atoms with van der Waals surface area (Å²) in [5.41, 5.74) is -0.168. The molecule has 0 aromatic carbocycles. The Hall–Kier alpha value is -1.73. The van der Waals surface area contributed by atoms with Crippen LogP contribution in [0.4, 0.5) is 5.95 Å². The minimum atomic E-state index is -0.168. The average molecular weight is 332 g/mol. The number of aromatic nitrogens is 2. The van der Waals surface area contributed by atoms with Crippen LogP contribution in [0.3, 0.4) is 0 Å². The first kappa shape index (κ1) is 15.8. The molecule has 7 heteroatoms. The third kappa shape index (κ3) is 3.23. The van der Waals surface area contributed by atoms with Gasteiger partial charge >= 0.3 is 0 Å². The van der Waals surface area contributed by atoms with E-state index in [1.165, 1.54) is 0 Å². The average Bonchev–Trinajstić information content (AvgIpc) is 3.13. The molecule has 0 aliphatic carbocycles. The first-order chi connectivity index (χ1) is 11.7. The summed E-state index contributed by atoms with van der Waals surface area (Å²) in [6.45, 7) is 4.23. The molecule has 3 aliphatic rings. The molecule has 130 valence electrons. The molecule has 3 fully saturated rings. The molecule has 1 unspecified atom stereocenters. The van der Waals surface area contributed by atoms with Crippen molar-refractivity contribution < 1.29 is 14.3 Å². The molecule has 24 heavy (non-hydrogen) atoms. The van der Waals surface area contributed by atoms with Gasteiger partial charge in [-0.15, -0.1) is 0 Å². The van der Waals surface area contributed by atoms with Crippen LogP contribution < -0.4 is 4.90 Å². The van der Waals surface area contributed by atoms with Crippen LogP contribution in [-0.4, -0.2) is 71.9 Å². The van der Waals surface area contributed by atoms with E-state index in [4.69, 9.17) is 9.47 Å². The third-order valence-electron chi connectivity index (χ3n) is 5.14. The van der Waals surface area contributed by atoms with Gasteiger partial charge in [0.25, 0.3) is 0 Å². The number of hydrogen-bond acceptors (Lipinski definition) is 6. The summed E-state index contributed by atoms with van der Waals surface area (Å²) < 4.78 is 11.9. The first-order valence-electron chi connectivity index (χ1n) is 8.79. The highest BCUT2D eigenvalue weighted by molar-refractivity contribution is 5.77. The van der Waals surface area contributed by atoms with Gasteiger partial charge in [-0.25, -0.2) is 9.97 Å². The van der Waals surface area contributed by atoms with Crippen LogP contribution in [0, 0.1) is 0 Å². The van der Waals surface area contributed by atoms with Crippen molar-refractivity contribution in [2.24, 2.45) is 0 Å². The van der Waals surface area contributed by atoms with Crippen molar-refractivity contribution in [2.45, 2.75) is 37.4 Å². The van der Waals surface area contributed by atoms with E-state index >= 15 is 0 Å². The van der Waals surface area contributed by atoms with Crippen molar-refractivity contribution in [3.8, 4) is 0 Å². The van der Waals surface area contributed by atoms with Crippen LogP contribution in [0.25, 0.3) is 0 Å². The Labute approximate surface area is 142 Å². The number of ether oxygens (including phenoxy) is 2. The van der Waals surface area contributed by atoms with Gasteiger partial charge in [0, 0.05) is 38.5 Å². The minimum Gasteiger partial charge on any atom is -0.371 e. The van der Waals surface area contributed by atoms with E-state index in [0.717, 1.165) is 57.8 Å². The Balaban J connectivity index is 1.26. The maximum atomic E-state index is 12.1. The number of carbonyl (C=O) groups is 1. The van der Waals surface area contributed by atoms with Crippen LogP contribution in [-0.2, 0) is 14.3 Å². The highest BCUT2D eigenvalue weighted by Crippen LogP contribution is 2.36. The Kier molecular flexibility index (Phi) is 4.37. The summed E-state index contributed by atoms with van der Waals surface area (Å²) >= 11 is 0. The van der Waals surface area contributed by atoms with Crippen molar-refractivity contribution in [1.29, 1.82) is 0 Å². The smallest absolute Gasteiger partial charge is 0.248 e. The fraction of sp³-hybridized carbons (Fsp3) is 0.706. The number of anilines is 1. The predicted molar refractivity (Wildman–Crippen MR) is 87.7 cm³/mol. The van der Waals surface area contributed by atoms with Gasteiger partial charge < -0.3 is 19.3 Å². The summed E-state index contributed by atoms with van der Waals surface area (Å²) in [5, 5.41) is 0. The molecule has 7 nitrogen and oxygen atoms in total. The molecule has 3 saturated heterocycles. The summed E-state index contributed by atoms with van der Waals surface area (Å²) in [6, 6.07) is 1.82. The standard InChI is InChI=1S/C17H24N4O3/c22-15(20-7-1-2-8-20)11-23-14-4-9-24-17(10-14)12-21(13-17)16-18-5-3-6-19-16/h3,5-6,14H,1-2,4,7-13H2. The molecular formula is C17H24N4O3. The molecule has 4 rings (SSSR count). The molecule has 1 spiro atoms. The van der Waals surface area contributed by atoms with E-state index < -0.39 is 0 Å². The number of likely N-dealkylation sites (tertiary alicyclic amines) is 1. The van der Waals surface area contributed by atoms with E-state index in [1.54, 1.807) is 12.4 Å². The second-order valence-corrected chi connectivity index (χ2v) is 6.95. The second kappa shape index (κ2) is 6.64. The van der Waals surface area contributed by atoms with Gasteiger partial charge in [-0.3, -0.25) is 4.79 Å². The van der Waals surface area contributed by atoms with Crippen LogP contribution in [0.1, 0.15) is 25.7 Å². The quantitative estimate of drug-likeness (QED) is 0.814. The lowest BCUT2D eigenvalue weighted by Crippen LogP contribution is -2.66. The lowest BCUT2D eigenvalue weighted by atomic mass is 9.85. The number of nitrogens with zero attached hydrogens (tertiary/aromatic N) is 4. The van der Waals surface area contributed by atoms with Gasteiger partial charge in [0.15, 0.2) is 0 Å². The zero-order valence-corrected chi connectivity index (χ0v) is 13.9. The van der Waals surface area contributed by atoms with Crippen molar-refractivity contribution in [1.82, 2.24) is 14.9 Å². The van der Waals surface area contributed by atoms with Gasteiger partial charge in [0.05, 0.1) is 19.2 Å². The Morgan fingerprint density at radius 3 is 2.79 bits per heavy atom. The Bertz CT molecular complexity index is 570. The lowest BCUT2D eigenvalue weighted by Gasteiger charge is -2.52. The van der Waals surface area contributed by atoms with Gasteiger partial charge in [-0.05, 0) is 25.3 Å². The van der Waals surface area contributed by atoms with E-state index in [9.17, 15) is 4.79 Å². The third-order valence-corrected chi connectivity index (χ3v) is 5.14. The number of amides is 1. The molecular weight excluding hydrogens is 308 g/mol. The Morgan fingerprint density at radius 1 is 1.29 bits per heavy atom. The molecule has 1 atom stereocenters. The maximum absolute atomic E-state index is 12.1.